The van der Waals surface area contributed by atoms with Crippen LogP contribution in [-0.2, 0) is 14.3 Å². The van der Waals surface area contributed by atoms with Crippen molar-refractivity contribution in [2.24, 2.45) is 5.73 Å². The first kappa shape index (κ1) is 14.3. The summed E-state index contributed by atoms with van der Waals surface area (Å²) in [7, 11) is 3.02. The molecule has 5 heteroatoms. The number of nitrogens with one attached hydrogen (secondary N) is 1. The van der Waals surface area contributed by atoms with Crippen LogP contribution in [0.25, 0.3) is 0 Å². The number of methoxy groups -OCH3 is 2. The van der Waals surface area contributed by atoms with Crippen LogP contribution in [-0.4, -0.2) is 45.4 Å². The Hall–Kier alpha value is -0.650. The van der Waals surface area contributed by atoms with Gasteiger partial charge >= 0.3 is 5.97 Å². The lowest BCUT2D eigenvalue weighted by atomic mass is 10.1. The van der Waals surface area contributed by atoms with Crippen LogP contribution in [0.5, 0.6) is 0 Å². The molecule has 2 atom stereocenters. The molecule has 0 heterocycles. The summed E-state index contributed by atoms with van der Waals surface area (Å²) in [6.07, 6.45) is 1.81. The fraction of sp³-hybridized carbons (Fsp3) is 0.900. The van der Waals surface area contributed by atoms with Gasteiger partial charge in [-0.05, 0) is 26.3 Å². The lowest BCUT2D eigenvalue weighted by Crippen LogP contribution is -2.44. The van der Waals surface area contributed by atoms with Crippen molar-refractivity contribution in [3.63, 3.8) is 0 Å². The van der Waals surface area contributed by atoms with Gasteiger partial charge in [0, 0.05) is 13.2 Å². The molecule has 0 aromatic carbocycles. The normalized spacial score (nSPS) is 14.7. The maximum atomic E-state index is 11.2. The van der Waals surface area contributed by atoms with Crippen LogP contribution in [0, 0.1) is 0 Å². The lowest BCUT2D eigenvalue weighted by molar-refractivity contribution is -0.142. The molecule has 5 nitrogen and oxygen atoms in total. The first-order chi connectivity index (χ1) is 7.15. The van der Waals surface area contributed by atoms with E-state index < -0.39 is 0 Å². The fourth-order valence-electron chi connectivity index (χ4n) is 1.38. The standard InChI is InChI=1S/C10H22N2O3/c1-8(10(13)15-3)12-9(7-14-2)5-4-6-11/h8-9,12H,4-7,11H2,1-3H3/t8-,9?/m0/s1. The van der Waals surface area contributed by atoms with Gasteiger partial charge in [-0.25, -0.2) is 0 Å². The Morgan fingerprint density at radius 2 is 2.13 bits per heavy atom. The summed E-state index contributed by atoms with van der Waals surface area (Å²) in [6.45, 7) is 2.99. The molecule has 1 unspecified atom stereocenters. The van der Waals surface area contributed by atoms with Crippen molar-refractivity contribution in [2.45, 2.75) is 31.8 Å². The van der Waals surface area contributed by atoms with Crippen LogP contribution in [0.3, 0.4) is 0 Å². The minimum atomic E-state index is -0.312. The SMILES string of the molecule is COCC(CCCN)N[C@@H](C)C(=O)OC. The Bertz CT molecular complexity index is 176. The van der Waals surface area contributed by atoms with Gasteiger partial charge < -0.3 is 15.2 Å². The van der Waals surface area contributed by atoms with Crippen molar-refractivity contribution in [1.82, 2.24) is 5.32 Å². The van der Waals surface area contributed by atoms with Gasteiger partial charge in [0.1, 0.15) is 6.04 Å². The average Bonchev–Trinajstić information content (AvgIpc) is 2.24. The zero-order valence-electron chi connectivity index (χ0n) is 9.79. The molecule has 0 aliphatic heterocycles. The highest BCUT2D eigenvalue weighted by Gasteiger charge is 2.17. The van der Waals surface area contributed by atoms with E-state index in [0.717, 1.165) is 12.8 Å². The predicted octanol–water partition coefficient (Wildman–Crippen LogP) is -0.109. The molecule has 0 rings (SSSR count). The zero-order valence-corrected chi connectivity index (χ0v) is 9.79. The van der Waals surface area contributed by atoms with E-state index in [9.17, 15) is 4.79 Å². The topological polar surface area (TPSA) is 73.6 Å². The molecule has 0 aromatic rings. The number of ether oxygens (including phenoxy) is 2. The molecule has 0 aliphatic rings. The molecule has 0 aliphatic carbocycles. The van der Waals surface area contributed by atoms with Gasteiger partial charge in [-0.15, -0.1) is 0 Å². The number of esters is 1. The van der Waals surface area contributed by atoms with Crippen LogP contribution in [0.2, 0.25) is 0 Å². The van der Waals surface area contributed by atoms with E-state index in [1.807, 2.05) is 0 Å². The van der Waals surface area contributed by atoms with Gasteiger partial charge in [0.15, 0.2) is 0 Å². The first-order valence-corrected chi connectivity index (χ1v) is 5.18. The number of rotatable bonds is 8. The van der Waals surface area contributed by atoms with E-state index >= 15 is 0 Å². The number of carbonyl (C=O) groups excluding carboxylic acids is 1. The van der Waals surface area contributed by atoms with Crippen LogP contribution in [0.15, 0.2) is 0 Å². The third-order valence-corrected chi connectivity index (χ3v) is 2.17. The minimum Gasteiger partial charge on any atom is -0.468 e. The fourth-order valence-corrected chi connectivity index (χ4v) is 1.38. The van der Waals surface area contributed by atoms with E-state index in [1.165, 1.54) is 7.11 Å². The number of hydrogen-bond donors (Lipinski definition) is 2. The van der Waals surface area contributed by atoms with Gasteiger partial charge in [0.05, 0.1) is 13.7 Å². The third kappa shape index (κ3) is 6.43. The summed E-state index contributed by atoms with van der Waals surface area (Å²) >= 11 is 0. The Morgan fingerprint density at radius 3 is 2.60 bits per heavy atom. The molecule has 15 heavy (non-hydrogen) atoms. The van der Waals surface area contributed by atoms with Crippen LogP contribution < -0.4 is 11.1 Å². The van der Waals surface area contributed by atoms with Gasteiger partial charge in [-0.3, -0.25) is 10.1 Å². The number of hydrogen-bond acceptors (Lipinski definition) is 5. The van der Waals surface area contributed by atoms with E-state index in [-0.39, 0.29) is 18.1 Å². The Labute approximate surface area is 91.3 Å². The summed E-state index contributed by atoms with van der Waals surface area (Å²) in [5.74, 6) is -0.260. The quantitative estimate of drug-likeness (QED) is 0.556. The van der Waals surface area contributed by atoms with Crippen molar-refractivity contribution in [1.29, 1.82) is 0 Å². The number of nitrogens with two attached hydrogens (primary N) is 1. The molecule has 0 saturated heterocycles. The molecular weight excluding hydrogens is 196 g/mol. The molecule has 3 N–H and O–H groups in total. The first-order valence-electron chi connectivity index (χ1n) is 5.18. The summed E-state index contributed by atoms with van der Waals surface area (Å²) in [5, 5.41) is 3.15. The van der Waals surface area contributed by atoms with Crippen LogP contribution in [0.1, 0.15) is 19.8 Å². The zero-order chi connectivity index (χ0) is 11.7. The van der Waals surface area contributed by atoms with E-state index in [0.29, 0.717) is 13.2 Å². The summed E-state index contributed by atoms with van der Waals surface area (Å²) in [4.78, 5) is 11.2. The second-order valence-electron chi connectivity index (χ2n) is 3.49. The molecule has 0 amide bonds. The highest BCUT2D eigenvalue weighted by Crippen LogP contribution is 1.99. The molecule has 90 valence electrons. The van der Waals surface area contributed by atoms with Crippen molar-refractivity contribution in [2.75, 3.05) is 27.4 Å². The molecule has 0 aromatic heterocycles. The summed E-state index contributed by atoms with van der Waals surface area (Å²) < 4.78 is 9.69. The van der Waals surface area contributed by atoms with Gasteiger partial charge in [-0.2, -0.15) is 0 Å². The van der Waals surface area contributed by atoms with Crippen LogP contribution >= 0.6 is 0 Å². The maximum Gasteiger partial charge on any atom is 0.322 e. The molecule has 0 spiro atoms. The van der Waals surface area contributed by atoms with Crippen molar-refractivity contribution >= 4 is 5.97 Å². The highest BCUT2D eigenvalue weighted by atomic mass is 16.5. The Kier molecular flexibility index (Phi) is 8.27. The van der Waals surface area contributed by atoms with E-state index in [4.69, 9.17) is 10.5 Å². The molecule has 0 saturated carbocycles. The smallest absolute Gasteiger partial charge is 0.322 e. The Balaban J connectivity index is 3.96. The molecule has 0 bridgehead atoms. The molecule has 0 radical (unpaired) electrons. The van der Waals surface area contributed by atoms with Crippen molar-refractivity contribution < 1.29 is 14.3 Å². The largest absolute Gasteiger partial charge is 0.468 e. The summed E-state index contributed by atoms with van der Waals surface area (Å²) in [5.41, 5.74) is 5.43. The van der Waals surface area contributed by atoms with Gasteiger partial charge in [-0.1, -0.05) is 0 Å². The van der Waals surface area contributed by atoms with Crippen molar-refractivity contribution in [3.8, 4) is 0 Å². The predicted molar refractivity (Wildman–Crippen MR) is 58.6 cm³/mol. The molecular formula is C10H22N2O3. The van der Waals surface area contributed by atoms with Gasteiger partial charge in [0.25, 0.3) is 0 Å². The maximum absolute atomic E-state index is 11.2. The minimum absolute atomic E-state index is 0.146. The Morgan fingerprint density at radius 1 is 1.47 bits per heavy atom. The van der Waals surface area contributed by atoms with Gasteiger partial charge in [0.2, 0.25) is 0 Å². The highest BCUT2D eigenvalue weighted by molar-refractivity contribution is 5.75. The van der Waals surface area contributed by atoms with E-state index in [1.54, 1.807) is 14.0 Å². The van der Waals surface area contributed by atoms with Crippen LogP contribution in [0.4, 0.5) is 0 Å². The summed E-state index contributed by atoms with van der Waals surface area (Å²) in [6, 6.07) is -0.166. The van der Waals surface area contributed by atoms with E-state index in [2.05, 4.69) is 10.1 Å². The monoisotopic (exact) mass is 218 g/mol. The number of carbonyl (C=O) groups is 1. The third-order valence-electron chi connectivity index (χ3n) is 2.17. The average molecular weight is 218 g/mol. The lowest BCUT2D eigenvalue weighted by Gasteiger charge is -2.21. The van der Waals surface area contributed by atoms with Crippen molar-refractivity contribution in [3.05, 3.63) is 0 Å². The molecule has 0 fully saturated rings. The second-order valence-corrected chi connectivity index (χ2v) is 3.49. The second kappa shape index (κ2) is 8.64.